The number of aromatic nitrogens is 1. The molecule has 0 unspecified atom stereocenters. The lowest BCUT2D eigenvalue weighted by molar-refractivity contribution is 0.262. The van der Waals surface area contributed by atoms with Crippen LogP contribution in [0, 0.1) is 0 Å². The predicted octanol–water partition coefficient (Wildman–Crippen LogP) is 6.33. The van der Waals surface area contributed by atoms with E-state index in [1.807, 2.05) is 73.0 Å². The summed E-state index contributed by atoms with van der Waals surface area (Å²) in [5, 5.41) is 6.69. The van der Waals surface area contributed by atoms with E-state index in [1.165, 1.54) is 4.70 Å². The fourth-order valence-corrected chi connectivity index (χ4v) is 4.12. The Bertz CT molecular complexity index is 1060. The maximum Gasteiger partial charge on any atom is 0.323 e. The van der Waals surface area contributed by atoms with E-state index in [2.05, 4.69) is 21.7 Å². The Morgan fingerprint density at radius 2 is 1.70 bits per heavy atom. The zero-order chi connectivity index (χ0) is 18.6. The van der Waals surface area contributed by atoms with Crippen LogP contribution in [0.3, 0.4) is 0 Å². The number of rotatable bonds is 4. The topological polar surface area (TPSA) is 54.0 Å². The first-order chi connectivity index (χ1) is 13.2. The highest BCUT2D eigenvalue weighted by molar-refractivity contribution is 7.98. The minimum absolute atomic E-state index is 0.263. The van der Waals surface area contributed by atoms with Crippen LogP contribution in [-0.4, -0.2) is 17.3 Å². The highest BCUT2D eigenvalue weighted by Gasteiger charge is 2.07. The first-order valence-electron chi connectivity index (χ1n) is 8.39. The predicted molar refractivity (Wildman–Crippen MR) is 116 cm³/mol. The van der Waals surface area contributed by atoms with Gasteiger partial charge in [0.05, 0.1) is 10.2 Å². The number of nitrogens with zero attached hydrogens (tertiary/aromatic N) is 1. The van der Waals surface area contributed by atoms with Crippen molar-refractivity contribution >= 4 is 50.7 Å². The normalized spacial score (nSPS) is 10.7. The molecule has 1 aromatic heterocycles. The Kier molecular flexibility index (Phi) is 5.09. The number of carbonyl (C=O) groups excluding carboxylic acids is 1. The smallest absolute Gasteiger partial charge is 0.308 e. The molecule has 0 aliphatic heterocycles. The first-order valence-corrected chi connectivity index (χ1v) is 10.4. The van der Waals surface area contributed by atoms with Gasteiger partial charge in [-0.15, -0.1) is 23.1 Å². The average Bonchev–Trinajstić information content (AvgIpc) is 3.13. The molecule has 0 aliphatic carbocycles. The first kappa shape index (κ1) is 17.6. The van der Waals surface area contributed by atoms with E-state index in [4.69, 9.17) is 0 Å². The lowest BCUT2D eigenvalue weighted by atomic mass is 10.2. The zero-order valence-corrected chi connectivity index (χ0v) is 16.2. The summed E-state index contributed by atoms with van der Waals surface area (Å²) < 4.78 is 1.17. The molecule has 0 radical (unpaired) electrons. The van der Waals surface area contributed by atoms with Crippen molar-refractivity contribution in [3.63, 3.8) is 0 Å². The minimum Gasteiger partial charge on any atom is -0.308 e. The largest absolute Gasteiger partial charge is 0.323 e. The van der Waals surface area contributed by atoms with Crippen molar-refractivity contribution < 1.29 is 4.79 Å². The highest BCUT2D eigenvalue weighted by atomic mass is 32.2. The quantitative estimate of drug-likeness (QED) is 0.400. The van der Waals surface area contributed by atoms with Crippen LogP contribution >= 0.6 is 23.1 Å². The maximum absolute atomic E-state index is 12.2. The molecule has 0 saturated heterocycles. The summed E-state index contributed by atoms with van der Waals surface area (Å²) in [6, 6.07) is 23.3. The summed E-state index contributed by atoms with van der Waals surface area (Å²) in [7, 11) is 0. The number of urea groups is 1. The third kappa shape index (κ3) is 4.13. The number of carbonyl (C=O) groups is 1. The van der Waals surface area contributed by atoms with Gasteiger partial charge in [-0.05, 0) is 60.9 Å². The summed E-state index contributed by atoms with van der Waals surface area (Å²) in [5.74, 6) is 0. The molecule has 0 saturated carbocycles. The molecule has 2 N–H and O–H groups in total. The zero-order valence-electron chi connectivity index (χ0n) is 14.6. The van der Waals surface area contributed by atoms with Crippen LogP contribution in [0.2, 0.25) is 0 Å². The van der Waals surface area contributed by atoms with Crippen molar-refractivity contribution in [1.29, 1.82) is 0 Å². The number of para-hydroxylation sites is 1. The van der Waals surface area contributed by atoms with Crippen molar-refractivity contribution in [2.24, 2.45) is 0 Å². The van der Waals surface area contributed by atoms with Crippen LogP contribution in [0.1, 0.15) is 0 Å². The van der Waals surface area contributed by atoms with Gasteiger partial charge in [0, 0.05) is 21.8 Å². The molecule has 4 aromatic rings. The summed E-state index contributed by atoms with van der Waals surface area (Å²) in [6.45, 7) is 0. The van der Waals surface area contributed by atoms with Gasteiger partial charge in [-0.1, -0.05) is 18.2 Å². The summed E-state index contributed by atoms with van der Waals surface area (Å²) in [5.41, 5.74) is 3.55. The van der Waals surface area contributed by atoms with Crippen LogP contribution in [0.4, 0.5) is 16.2 Å². The van der Waals surface area contributed by atoms with Crippen LogP contribution < -0.4 is 10.6 Å². The Morgan fingerprint density at radius 3 is 2.48 bits per heavy atom. The molecule has 4 nitrogen and oxygen atoms in total. The SMILES string of the molecule is CSc1cccc(NC(=O)Nc2ccc(-c3nc4ccccc4s3)cc2)c1. The van der Waals surface area contributed by atoms with E-state index in [-0.39, 0.29) is 6.03 Å². The van der Waals surface area contributed by atoms with Gasteiger partial charge in [0.25, 0.3) is 0 Å². The van der Waals surface area contributed by atoms with Crippen molar-refractivity contribution in [1.82, 2.24) is 4.98 Å². The molecule has 134 valence electrons. The lowest BCUT2D eigenvalue weighted by Gasteiger charge is -2.09. The van der Waals surface area contributed by atoms with Gasteiger partial charge in [-0.2, -0.15) is 0 Å². The number of fused-ring (bicyclic) bond motifs is 1. The Balaban J connectivity index is 1.44. The number of thioether (sulfide) groups is 1. The third-order valence-corrected chi connectivity index (χ3v) is 5.82. The van der Waals surface area contributed by atoms with Crippen molar-refractivity contribution in [2.45, 2.75) is 4.90 Å². The number of thiazole rings is 1. The fourth-order valence-electron chi connectivity index (χ4n) is 2.69. The Hall–Kier alpha value is -2.83. The molecule has 4 rings (SSSR count). The number of amides is 2. The molecule has 6 heteroatoms. The van der Waals surface area contributed by atoms with Gasteiger partial charge in [-0.3, -0.25) is 0 Å². The molecule has 0 bridgehead atoms. The molecule has 0 atom stereocenters. The van der Waals surface area contributed by atoms with E-state index in [0.717, 1.165) is 32.4 Å². The molecular formula is C21H17N3OS2. The second-order valence-electron chi connectivity index (χ2n) is 5.88. The van der Waals surface area contributed by atoms with E-state index in [1.54, 1.807) is 23.1 Å². The van der Waals surface area contributed by atoms with Crippen molar-refractivity contribution in [3.05, 3.63) is 72.8 Å². The number of hydrogen-bond donors (Lipinski definition) is 2. The molecular weight excluding hydrogens is 374 g/mol. The molecule has 2 amide bonds. The van der Waals surface area contributed by atoms with Gasteiger partial charge >= 0.3 is 6.03 Å². The van der Waals surface area contributed by atoms with Gasteiger partial charge in [0.2, 0.25) is 0 Å². The van der Waals surface area contributed by atoms with E-state index in [0.29, 0.717) is 0 Å². The second kappa shape index (κ2) is 7.82. The molecule has 3 aromatic carbocycles. The Morgan fingerprint density at radius 1 is 0.926 bits per heavy atom. The molecule has 27 heavy (non-hydrogen) atoms. The second-order valence-corrected chi connectivity index (χ2v) is 7.79. The van der Waals surface area contributed by atoms with E-state index < -0.39 is 0 Å². The van der Waals surface area contributed by atoms with Crippen molar-refractivity contribution in [2.75, 3.05) is 16.9 Å². The van der Waals surface area contributed by atoms with Crippen molar-refractivity contribution in [3.8, 4) is 10.6 Å². The van der Waals surface area contributed by atoms with E-state index in [9.17, 15) is 4.79 Å². The van der Waals surface area contributed by atoms with Crippen LogP contribution in [-0.2, 0) is 0 Å². The van der Waals surface area contributed by atoms with Crippen LogP contribution in [0.5, 0.6) is 0 Å². The molecule has 0 fully saturated rings. The van der Waals surface area contributed by atoms with Gasteiger partial charge in [-0.25, -0.2) is 9.78 Å². The number of hydrogen-bond acceptors (Lipinski definition) is 4. The molecule has 0 spiro atoms. The number of benzene rings is 3. The van der Waals surface area contributed by atoms with Gasteiger partial charge in [0.1, 0.15) is 5.01 Å². The summed E-state index contributed by atoms with van der Waals surface area (Å²) >= 11 is 3.30. The van der Waals surface area contributed by atoms with Gasteiger partial charge in [0.15, 0.2) is 0 Å². The lowest BCUT2D eigenvalue weighted by Crippen LogP contribution is -2.19. The number of nitrogens with one attached hydrogen (secondary N) is 2. The average molecular weight is 392 g/mol. The standard InChI is InChI=1S/C21H17N3OS2/c1-26-17-6-4-5-16(13-17)23-21(25)22-15-11-9-14(10-12-15)20-24-18-7-2-3-8-19(18)27-20/h2-13H,1H3,(H2,22,23,25). The monoisotopic (exact) mass is 391 g/mol. The Labute approximate surface area is 165 Å². The summed E-state index contributed by atoms with van der Waals surface area (Å²) in [4.78, 5) is 18.0. The van der Waals surface area contributed by atoms with Crippen LogP contribution in [0.25, 0.3) is 20.8 Å². The molecule has 0 aliphatic rings. The third-order valence-electron chi connectivity index (χ3n) is 4.01. The minimum atomic E-state index is -0.263. The number of anilines is 2. The fraction of sp³-hybridized carbons (Fsp3) is 0.0476. The van der Waals surface area contributed by atoms with Crippen LogP contribution in [0.15, 0.2) is 77.7 Å². The van der Waals surface area contributed by atoms with Gasteiger partial charge < -0.3 is 10.6 Å². The van der Waals surface area contributed by atoms with E-state index >= 15 is 0 Å². The highest BCUT2D eigenvalue weighted by Crippen LogP contribution is 2.30. The summed E-state index contributed by atoms with van der Waals surface area (Å²) in [6.07, 6.45) is 2.01. The molecule has 1 heterocycles. The maximum atomic E-state index is 12.2.